The summed E-state index contributed by atoms with van der Waals surface area (Å²) in [5.41, 5.74) is 6.61. The number of nitro groups is 1. The molecule has 0 spiro atoms. The lowest BCUT2D eigenvalue weighted by molar-refractivity contribution is -0.383. The van der Waals surface area contributed by atoms with Gasteiger partial charge in [0.05, 0.1) is 40.5 Å². The van der Waals surface area contributed by atoms with Crippen LogP contribution in [0.5, 0.6) is 5.75 Å². The molecule has 0 aliphatic carbocycles. The Bertz CT molecular complexity index is 1550. The highest BCUT2D eigenvalue weighted by Crippen LogP contribution is 2.40. The number of hydrogen-bond acceptors (Lipinski definition) is 8. The first-order valence-corrected chi connectivity index (χ1v) is 14.3. The Hall–Kier alpha value is -4.23. The average molecular weight is 572 g/mol. The molecule has 0 bridgehead atoms. The summed E-state index contributed by atoms with van der Waals surface area (Å²) >= 11 is 0. The second-order valence-electron chi connectivity index (χ2n) is 10.1. The molecule has 212 valence electrons. The number of hydrogen-bond donors (Lipinski definition) is 1. The van der Waals surface area contributed by atoms with Crippen LogP contribution in [0.4, 0.5) is 23.0 Å². The Morgan fingerprint density at radius 2 is 2.15 bits per heavy atom. The van der Waals surface area contributed by atoms with Gasteiger partial charge in [0.2, 0.25) is 5.95 Å². The lowest BCUT2D eigenvalue weighted by Crippen LogP contribution is -2.28. The summed E-state index contributed by atoms with van der Waals surface area (Å²) < 4.78 is 11.4. The zero-order valence-electron chi connectivity index (χ0n) is 23.4. The van der Waals surface area contributed by atoms with E-state index in [0.717, 1.165) is 44.2 Å². The van der Waals surface area contributed by atoms with E-state index in [1.165, 1.54) is 30.0 Å². The minimum Gasteiger partial charge on any atom is -0.495 e. The van der Waals surface area contributed by atoms with E-state index in [1.54, 1.807) is 18.5 Å². The summed E-state index contributed by atoms with van der Waals surface area (Å²) in [4.78, 5) is 22.9. The molecule has 0 saturated carbocycles. The summed E-state index contributed by atoms with van der Waals surface area (Å²) in [5.74, 6) is 1.16. The fourth-order valence-corrected chi connectivity index (χ4v) is 5.57. The maximum absolute atomic E-state index is 11.6. The number of rotatable bonds is 11. The molecule has 0 radical (unpaired) electrons. The van der Waals surface area contributed by atoms with Crippen LogP contribution in [0.15, 0.2) is 61.6 Å². The molecule has 10 heteroatoms. The molecule has 2 aliphatic rings. The number of ether oxygens (including phenoxy) is 2. The number of para-hydroxylation sites is 1. The lowest BCUT2D eigenvalue weighted by Gasteiger charge is -2.35. The van der Waals surface area contributed by atoms with Gasteiger partial charge in [-0.25, -0.2) is 9.97 Å². The third-order valence-electron chi connectivity index (χ3n) is 7.24. The molecule has 5 rings (SSSR count). The Labute approximate surface area is 242 Å². The van der Waals surface area contributed by atoms with Gasteiger partial charge in [-0.05, 0) is 54.5 Å². The minimum atomic E-state index is -0.436. The van der Waals surface area contributed by atoms with Crippen LogP contribution in [-0.2, 0) is 17.6 Å². The second-order valence-corrected chi connectivity index (χ2v) is 10.7. The molecule has 1 unspecified atom stereocenters. The van der Waals surface area contributed by atoms with Gasteiger partial charge in [-0.3, -0.25) is 10.1 Å². The molecule has 9 nitrogen and oxygen atoms in total. The summed E-state index contributed by atoms with van der Waals surface area (Å²) in [6.45, 7) is 7.26. The third-order valence-corrected chi connectivity index (χ3v) is 7.71. The van der Waals surface area contributed by atoms with Crippen molar-refractivity contribution in [1.82, 2.24) is 9.97 Å². The Morgan fingerprint density at radius 3 is 2.93 bits per heavy atom. The maximum Gasteiger partial charge on any atom is 0.278 e. The van der Waals surface area contributed by atoms with Gasteiger partial charge >= 0.3 is 0 Å². The number of methoxy groups -OCH3 is 1. The normalized spacial score (nSPS) is 13.9. The first-order valence-electron chi connectivity index (χ1n) is 13.7. The van der Waals surface area contributed by atoms with Crippen molar-refractivity contribution in [3.8, 4) is 5.75 Å². The molecule has 2 aromatic carbocycles. The number of allylic oxidation sites excluding steroid dienone is 2. The predicted molar refractivity (Wildman–Crippen MR) is 167 cm³/mol. The van der Waals surface area contributed by atoms with Crippen LogP contribution in [0.3, 0.4) is 0 Å². The first-order chi connectivity index (χ1) is 19.9. The predicted octanol–water partition coefficient (Wildman–Crippen LogP) is 6.68. The van der Waals surface area contributed by atoms with Crippen LogP contribution in [0, 0.1) is 10.1 Å². The fourth-order valence-electron chi connectivity index (χ4n) is 5.23. The van der Waals surface area contributed by atoms with Gasteiger partial charge in [0.25, 0.3) is 5.69 Å². The van der Waals surface area contributed by atoms with E-state index in [9.17, 15) is 10.1 Å². The van der Waals surface area contributed by atoms with Gasteiger partial charge in [0.15, 0.2) is 0 Å². The van der Waals surface area contributed by atoms with E-state index in [0.29, 0.717) is 40.2 Å². The highest BCUT2D eigenvalue weighted by atomic mass is 31.0. The highest BCUT2D eigenvalue weighted by Gasteiger charge is 2.27. The summed E-state index contributed by atoms with van der Waals surface area (Å²) in [6.07, 6.45) is 13.5. The smallest absolute Gasteiger partial charge is 0.278 e. The molecule has 3 heterocycles. The van der Waals surface area contributed by atoms with E-state index >= 15 is 0 Å². The summed E-state index contributed by atoms with van der Waals surface area (Å²) in [7, 11) is 3.89. The minimum absolute atomic E-state index is 0.0562. The van der Waals surface area contributed by atoms with Crippen molar-refractivity contribution in [3.63, 3.8) is 0 Å². The number of nitrogens with zero attached hydrogens (tertiary/aromatic N) is 4. The van der Waals surface area contributed by atoms with Crippen LogP contribution in [-0.4, -0.2) is 28.5 Å². The SMILES string of the molecule is C=C(O/C=C\CCCC)c1cnc(Nc2cc([N+](=O)[O-])c(P)cc2OC)nc1C1=CN2CCCc3cccc(c32)C1. The molecule has 41 heavy (non-hydrogen) atoms. The number of nitrogens with one attached hydrogen (secondary N) is 1. The highest BCUT2D eigenvalue weighted by molar-refractivity contribution is 7.28. The van der Waals surface area contributed by atoms with E-state index in [-0.39, 0.29) is 11.6 Å². The summed E-state index contributed by atoms with van der Waals surface area (Å²) in [5, 5.41) is 15.1. The van der Waals surface area contributed by atoms with Crippen LogP contribution in [0.25, 0.3) is 11.3 Å². The quantitative estimate of drug-likeness (QED) is 0.0894. The van der Waals surface area contributed by atoms with Gasteiger partial charge in [-0.1, -0.05) is 47.4 Å². The molecule has 1 atom stereocenters. The topological polar surface area (TPSA) is 103 Å². The number of benzene rings is 2. The largest absolute Gasteiger partial charge is 0.495 e. The molecule has 0 fully saturated rings. The molecular formula is C31H34N5O4P. The van der Waals surface area contributed by atoms with Crippen molar-refractivity contribution in [1.29, 1.82) is 0 Å². The van der Waals surface area contributed by atoms with E-state index < -0.39 is 4.92 Å². The number of anilines is 3. The summed E-state index contributed by atoms with van der Waals surface area (Å²) in [6, 6.07) is 9.50. The Kier molecular flexibility index (Phi) is 8.64. The third kappa shape index (κ3) is 6.10. The zero-order chi connectivity index (χ0) is 28.9. The maximum atomic E-state index is 11.6. The number of aryl methyl sites for hydroxylation is 1. The lowest BCUT2D eigenvalue weighted by atomic mass is 9.89. The van der Waals surface area contributed by atoms with Crippen molar-refractivity contribution in [3.05, 3.63) is 94.1 Å². The van der Waals surface area contributed by atoms with E-state index in [1.807, 2.05) is 6.08 Å². The Balaban J connectivity index is 1.54. The van der Waals surface area contributed by atoms with E-state index in [2.05, 4.69) is 62.3 Å². The Morgan fingerprint density at radius 1 is 1.32 bits per heavy atom. The van der Waals surface area contributed by atoms with Crippen molar-refractivity contribution in [2.75, 3.05) is 23.9 Å². The van der Waals surface area contributed by atoms with Crippen molar-refractivity contribution in [2.24, 2.45) is 0 Å². The number of nitro benzene ring substituents is 1. The van der Waals surface area contributed by atoms with Crippen LogP contribution < -0.4 is 20.3 Å². The van der Waals surface area contributed by atoms with Crippen LogP contribution in [0.1, 0.15) is 55.0 Å². The van der Waals surface area contributed by atoms with Crippen molar-refractivity contribution in [2.45, 2.75) is 45.4 Å². The monoisotopic (exact) mass is 571 g/mol. The van der Waals surface area contributed by atoms with Crippen molar-refractivity contribution < 1.29 is 14.4 Å². The first kappa shape index (κ1) is 28.3. The number of unbranched alkanes of at least 4 members (excludes halogenated alkanes) is 2. The molecule has 0 amide bonds. The van der Waals surface area contributed by atoms with Crippen molar-refractivity contribution >= 4 is 48.9 Å². The van der Waals surface area contributed by atoms with Crippen LogP contribution in [0.2, 0.25) is 0 Å². The molecular weight excluding hydrogens is 537 g/mol. The van der Waals surface area contributed by atoms with Gasteiger partial charge in [-0.2, -0.15) is 0 Å². The van der Waals surface area contributed by atoms with Gasteiger partial charge in [-0.15, -0.1) is 0 Å². The average Bonchev–Trinajstić information content (AvgIpc) is 2.97. The van der Waals surface area contributed by atoms with Gasteiger partial charge in [0, 0.05) is 37.1 Å². The molecule has 2 aliphatic heterocycles. The zero-order valence-corrected chi connectivity index (χ0v) is 24.5. The molecule has 1 N–H and O–H groups in total. The van der Waals surface area contributed by atoms with Gasteiger partial charge < -0.3 is 19.7 Å². The molecule has 0 saturated heterocycles. The fraction of sp³-hybridized carbons (Fsp3) is 0.290. The second kappa shape index (κ2) is 12.5. The van der Waals surface area contributed by atoms with Crippen LogP contribution >= 0.6 is 9.24 Å². The molecule has 3 aromatic rings. The van der Waals surface area contributed by atoms with Gasteiger partial charge in [0.1, 0.15) is 11.5 Å². The standard InChI is InChI=1S/C31H34N5O4P/c1-4-5-6-7-14-40-20(2)24-18-32-31(33-25-16-26(36(37)38)28(41)17-27(25)39-3)34-29(24)23-15-22-11-8-10-21-12-9-13-35(19-23)30(21)22/h7-8,10-11,14,16-19H,2,4-6,9,12-13,15,41H2,1,3H3,(H,32,33,34)/b14-7-. The van der Waals surface area contributed by atoms with E-state index in [4.69, 9.17) is 14.5 Å². The number of aromatic nitrogens is 2. The molecule has 1 aromatic heterocycles.